The van der Waals surface area contributed by atoms with Crippen molar-refractivity contribution in [3.8, 4) is 6.07 Å². The first kappa shape index (κ1) is 13.6. The molecule has 2 N–H and O–H groups in total. The number of nitrogens with zero attached hydrogens (tertiary/aromatic N) is 1. The summed E-state index contributed by atoms with van der Waals surface area (Å²) in [5.74, 6) is -1.13. The standard InChI is InChI=1S/C15H11FN2O2/c16-14-5-4-10(6-12(14)8-17)9-20-15(19)11-2-1-3-13(18)7-11/h1-7H,9,18H2. The minimum Gasteiger partial charge on any atom is -0.457 e. The molecule has 100 valence electrons. The SMILES string of the molecule is N#Cc1cc(COC(=O)c2cccc(N)c2)ccc1F. The normalized spacial score (nSPS) is 9.80. The Kier molecular flexibility index (Phi) is 3.96. The largest absolute Gasteiger partial charge is 0.457 e. The molecule has 0 aromatic heterocycles. The first-order valence-electron chi connectivity index (χ1n) is 5.81. The Morgan fingerprint density at radius 3 is 2.80 bits per heavy atom. The van der Waals surface area contributed by atoms with Crippen LogP contribution in [-0.4, -0.2) is 5.97 Å². The smallest absolute Gasteiger partial charge is 0.338 e. The molecule has 0 saturated heterocycles. The van der Waals surface area contributed by atoms with E-state index in [0.29, 0.717) is 16.8 Å². The van der Waals surface area contributed by atoms with E-state index in [1.165, 1.54) is 24.3 Å². The fraction of sp³-hybridized carbons (Fsp3) is 0.0667. The minimum absolute atomic E-state index is 0.0391. The number of rotatable bonds is 3. The van der Waals surface area contributed by atoms with Gasteiger partial charge in [0.1, 0.15) is 18.5 Å². The van der Waals surface area contributed by atoms with Crippen LogP contribution in [0.2, 0.25) is 0 Å². The lowest BCUT2D eigenvalue weighted by Crippen LogP contribution is -2.06. The molecule has 0 heterocycles. The van der Waals surface area contributed by atoms with E-state index in [9.17, 15) is 9.18 Å². The Morgan fingerprint density at radius 1 is 1.30 bits per heavy atom. The van der Waals surface area contributed by atoms with Crippen LogP contribution in [-0.2, 0) is 11.3 Å². The van der Waals surface area contributed by atoms with Gasteiger partial charge >= 0.3 is 5.97 Å². The Bertz CT molecular complexity index is 693. The molecule has 0 saturated carbocycles. The van der Waals surface area contributed by atoms with Crippen LogP contribution in [0.4, 0.5) is 10.1 Å². The fourth-order valence-corrected chi connectivity index (χ4v) is 1.65. The third-order valence-electron chi connectivity index (χ3n) is 2.64. The molecule has 0 bridgehead atoms. The van der Waals surface area contributed by atoms with Crippen molar-refractivity contribution in [1.82, 2.24) is 0 Å². The molecule has 0 atom stereocenters. The maximum atomic E-state index is 13.1. The van der Waals surface area contributed by atoms with E-state index in [1.807, 2.05) is 0 Å². The number of nitrogen functional groups attached to an aromatic ring is 1. The first-order valence-corrected chi connectivity index (χ1v) is 5.81. The van der Waals surface area contributed by atoms with E-state index in [0.717, 1.165) is 0 Å². The Hall–Kier alpha value is -2.87. The zero-order valence-electron chi connectivity index (χ0n) is 10.5. The van der Waals surface area contributed by atoms with Crippen LogP contribution in [0.5, 0.6) is 0 Å². The van der Waals surface area contributed by atoms with Crippen molar-refractivity contribution >= 4 is 11.7 Å². The minimum atomic E-state index is -0.599. The molecule has 4 nitrogen and oxygen atoms in total. The fourth-order valence-electron chi connectivity index (χ4n) is 1.65. The van der Waals surface area contributed by atoms with Gasteiger partial charge in [0.2, 0.25) is 0 Å². The molecule has 0 aliphatic rings. The topological polar surface area (TPSA) is 76.1 Å². The van der Waals surface area contributed by atoms with E-state index >= 15 is 0 Å². The molecule has 0 radical (unpaired) electrons. The number of halogens is 1. The first-order chi connectivity index (χ1) is 9.60. The molecule has 0 fully saturated rings. The van der Waals surface area contributed by atoms with Crippen LogP contribution < -0.4 is 5.73 Å². The second kappa shape index (κ2) is 5.85. The lowest BCUT2D eigenvalue weighted by molar-refractivity contribution is 0.0472. The molecule has 2 aromatic rings. The Balaban J connectivity index is 2.06. The maximum absolute atomic E-state index is 13.1. The highest BCUT2D eigenvalue weighted by molar-refractivity contribution is 5.90. The number of hydrogen-bond donors (Lipinski definition) is 1. The van der Waals surface area contributed by atoms with E-state index in [4.69, 9.17) is 15.7 Å². The molecule has 0 aliphatic heterocycles. The number of ether oxygens (including phenoxy) is 1. The highest BCUT2D eigenvalue weighted by Gasteiger charge is 2.09. The molecule has 0 unspecified atom stereocenters. The van der Waals surface area contributed by atoms with Gasteiger partial charge in [0.05, 0.1) is 11.1 Å². The van der Waals surface area contributed by atoms with Crippen LogP contribution in [0.1, 0.15) is 21.5 Å². The van der Waals surface area contributed by atoms with Gasteiger partial charge in [0.15, 0.2) is 0 Å². The average Bonchev–Trinajstić information content (AvgIpc) is 2.46. The van der Waals surface area contributed by atoms with Crippen molar-refractivity contribution in [2.45, 2.75) is 6.61 Å². The van der Waals surface area contributed by atoms with Crippen LogP contribution in [0.3, 0.4) is 0 Å². The summed E-state index contributed by atoms with van der Waals surface area (Å²) in [6.07, 6.45) is 0. The number of carbonyl (C=O) groups excluding carboxylic acids is 1. The number of hydrogen-bond acceptors (Lipinski definition) is 4. The summed E-state index contributed by atoms with van der Waals surface area (Å²) in [6, 6.07) is 12.1. The molecule has 0 aliphatic carbocycles. The number of nitrogens with two attached hydrogens (primary N) is 1. The Morgan fingerprint density at radius 2 is 2.10 bits per heavy atom. The molecular weight excluding hydrogens is 259 g/mol. The second-order valence-corrected chi connectivity index (χ2v) is 4.13. The highest BCUT2D eigenvalue weighted by Crippen LogP contribution is 2.13. The summed E-state index contributed by atoms with van der Waals surface area (Å²) in [5.41, 5.74) is 6.84. The van der Waals surface area contributed by atoms with Gasteiger partial charge in [-0.2, -0.15) is 5.26 Å². The van der Waals surface area contributed by atoms with E-state index in [2.05, 4.69) is 0 Å². The predicted molar refractivity (Wildman–Crippen MR) is 71.1 cm³/mol. The van der Waals surface area contributed by atoms with Crippen molar-refractivity contribution < 1.29 is 13.9 Å². The van der Waals surface area contributed by atoms with Gasteiger partial charge in [0, 0.05) is 5.69 Å². The van der Waals surface area contributed by atoms with Crippen molar-refractivity contribution in [2.24, 2.45) is 0 Å². The molecular formula is C15H11FN2O2. The summed E-state index contributed by atoms with van der Waals surface area (Å²) in [5, 5.41) is 8.72. The molecule has 2 rings (SSSR count). The third-order valence-corrected chi connectivity index (χ3v) is 2.64. The van der Waals surface area contributed by atoms with Gasteiger partial charge in [-0.15, -0.1) is 0 Å². The number of carbonyl (C=O) groups is 1. The molecule has 5 heteroatoms. The van der Waals surface area contributed by atoms with Crippen LogP contribution in [0, 0.1) is 17.1 Å². The summed E-state index contributed by atoms with van der Waals surface area (Å²) < 4.78 is 18.2. The summed E-state index contributed by atoms with van der Waals surface area (Å²) >= 11 is 0. The highest BCUT2D eigenvalue weighted by atomic mass is 19.1. The molecule has 20 heavy (non-hydrogen) atoms. The van der Waals surface area contributed by atoms with Crippen molar-refractivity contribution in [3.05, 3.63) is 65.0 Å². The summed E-state index contributed by atoms with van der Waals surface area (Å²) in [6.45, 7) is -0.0391. The van der Waals surface area contributed by atoms with Gasteiger partial charge in [-0.1, -0.05) is 12.1 Å². The zero-order valence-corrected chi connectivity index (χ0v) is 10.5. The van der Waals surface area contributed by atoms with Crippen molar-refractivity contribution in [1.29, 1.82) is 5.26 Å². The number of nitriles is 1. The molecule has 0 amide bonds. The number of esters is 1. The predicted octanol–water partition coefficient (Wildman–Crippen LogP) is 2.64. The molecule has 2 aromatic carbocycles. The van der Waals surface area contributed by atoms with Crippen LogP contribution >= 0.6 is 0 Å². The van der Waals surface area contributed by atoms with E-state index < -0.39 is 11.8 Å². The summed E-state index contributed by atoms with van der Waals surface area (Å²) in [7, 11) is 0. The number of anilines is 1. The quantitative estimate of drug-likeness (QED) is 0.687. The maximum Gasteiger partial charge on any atom is 0.338 e. The van der Waals surface area contributed by atoms with Gasteiger partial charge < -0.3 is 10.5 Å². The number of benzene rings is 2. The van der Waals surface area contributed by atoms with E-state index in [1.54, 1.807) is 24.3 Å². The van der Waals surface area contributed by atoms with Crippen LogP contribution in [0.25, 0.3) is 0 Å². The van der Waals surface area contributed by atoms with E-state index in [-0.39, 0.29) is 12.2 Å². The lowest BCUT2D eigenvalue weighted by atomic mass is 10.1. The lowest BCUT2D eigenvalue weighted by Gasteiger charge is -2.06. The summed E-state index contributed by atoms with van der Waals surface area (Å²) in [4.78, 5) is 11.8. The van der Waals surface area contributed by atoms with Gasteiger partial charge in [-0.25, -0.2) is 9.18 Å². The Labute approximate surface area is 115 Å². The van der Waals surface area contributed by atoms with Gasteiger partial charge in [-0.3, -0.25) is 0 Å². The zero-order chi connectivity index (χ0) is 14.5. The second-order valence-electron chi connectivity index (χ2n) is 4.13. The van der Waals surface area contributed by atoms with Gasteiger partial charge in [0.25, 0.3) is 0 Å². The average molecular weight is 270 g/mol. The molecule has 0 spiro atoms. The van der Waals surface area contributed by atoms with Crippen molar-refractivity contribution in [2.75, 3.05) is 5.73 Å². The monoisotopic (exact) mass is 270 g/mol. The van der Waals surface area contributed by atoms with Gasteiger partial charge in [-0.05, 0) is 35.9 Å². The third kappa shape index (κ3) is 3.12. The van der Waals surface area contributed by atoms with Crippen molar-refractivity contribution in [3.63, 3.8) is 0 Å². The van der Waals surface area contributed by atoms with Crippen LogP contribution in [0.15, 0.2) is 42.5 Å².